The molecule has 2 N–H and O–H groups in total. The van der Waals surface area contributed by atoms with E-state index in [2.05, 4.69) is 0 Å². The number of ketones is 1. The third-order valence-electron chi connectivity index (χ3n) is 1.22. The van der Waals surface area contributed by atoms with Gasteiger partial charge in [-0.05, 0) is 6.42 Å². The molecule has 0 aromatic rings. The number of carbonyl (C=O) groups excluding carboxylic acids is 2. The number of carbonyl (C=O) groups is 2. The van der Waals surface area contributed by atoms with E-state index in [1.807, 2.05) is 0 Å². The Labute approximate surface area is 54.2 Å². The molecule has 0 fully saturated rings. The van der Waals surface area contributed by atoms with Gasteiger partial charge in [-0.15, -0.1) is 0 Å². The van der Waals surface area contributed by atoms with Gasteiger partial charge < -0.3 is 10.5 Å². The van der Waals surface area contributed by atoms with Crippen molar-refractivity contribution in [3.05, 3.63) is 0 Å². The van der Waals surface area contributed by atoms with Crippen molar-refractivity contribution in [1.82, 2.24) is 0 Å². The SMILES string of the molecule is CCC(C=O)C(=O)CN. The van der Waals surface area contributed by atoms with Gasteiger partial charge in [-0.3, -0.25) is 4.79 Å². The van der Waals surface area contributed by atoms with Gasteiger partial charge in [-0.1, -0.05) is 6.92 Å². The van der Waals surface area contributed by atoms with Crippen LogP contribution in [0.5, 0.6) is 0 Å². The van der Waals surface area contributed by atoms with E-state index in [-0.39, 0.29) is 12.3 Å². The van der Waals surface area contributed by atoms with Crippen molar-refractivity contribution in [1.29, 1.82) is 0 Å². The van der Waals surface area contributed by atoms with Crippen LogP contribution in [0.3, 0.4) is 0 Å². The Morgan fingerprint density at radius 1 is 1.78 bits per heavy atom. The average Bonchev–Trinajstić information content (AvgIpc) is 1.90. The number of Topliss-reactive ketones (excluding diaryl/α,β-unsaturated/α-hetero) is 1. The van der Waals surface area contributed by atoms with E-state index in [1.165, 1.54) is 0 Å². The fourth-order valence-corrected chi connectivity index (χ4v) is 0.551. The van der Waals surface area contributed by atoms with Crippen LogP contribution in [0.15, 0.2) is 0 Å². The smallest absolute Gasteiger partial charge is 0.156 e. The summed E-state index contributed by atoms with van der Waals surface area (Å²) in [6.45, 7) is 1.75. The van der Waals surface area contributed by atoms with Gasteiger partial charge in [-0.25, -0.2) is 0 Å². The molecule has 0 bridgehead atoms. The summed E-state index contributed by atoms with van der Waals surface area (Å²) in [6.07, 6.45) is 1.20. The number of aldehydes is 1. The number of nitrogens with two attached hydrogens (primary N) is 1. The van der Waals surface area contributed by atoms with Crippen molar-refractivity contribution in [2.75, 3.05) is 6.54 Å². The van der Waals surface area contributed by atoms with E-state index in [9.17, 15) is 9.59 Å². The van der Waals surface area contributed by atoms with Crippen molar-refractivity contribution < 1.29 is 9.59 Å². The minimum Gasteiger partial charge on any atom is -0.324 e. The minimum atomic E-state index is -0.477. The minimum absolute atomic E-state index is 0.0305. The molecule has 3 nitrogen and oxygen atoms in total. The summed E-state index contributed by atoms with van der Waals surface area (Å²) in [5, 5.41) is 0. The van der Waals surface area contributed by atoms with E-state index in [0.717, 1.165) is 0 Å². The number of hydrogen-bond donors (Lipinski definition) is 1. The Bertz CT molecular complexity index is 112. The molecule has 0 amide bonds. The van der Waals surface area contributed by atoms with Crippen molar-refractivity contribution >= 4 is 12.1 Å². The Kier molecular flexibility index (Phi) is 3.88. The molecule has 1 unspecified atom stereocenters. The maximum absolute atomic E-state index is 10.6. The predicted molar refractivity (Wildman–Crippen MR) is 33.9 cm³/mol. The van der Waals surface area contributed by atoms with E-state index in [0.29, 0.717) is 12.7 Å². The summed E-state index contributed by atoms with van der Waals surface area (Å²) in [5.41, 5.74) is 5.02. The first-order valence-corrected chi connectivity index (χ1v) is 2.94. The molecule has 0 radical (unpaired) electrons. The zero-order valence-corrected chi connectivity index (χ0v) is 5.46. The molecule has 0 aromatic heterocycles. The Morgan fingerprint density at radius 2 is 2.33 bits per heavy atom. The van der Waals surface area contributed by atoms with Crippen LogP contribution in [-0.4, -0.2) is 18.6 Å². The van der Waals surface area contributed by atoms with Gasteiger partial charge >= 0.3 is 0 Å². The summed E-state index contributed by atoms with van der Waals surface area (Å²) in [4.78, 5) is 20.7. The summed E-state index contributed by atoms with van der Waals surface area (Å²) in [7, 11) is 0. The average molecular weight is 129 g/mol. The lowest BCUT2D eigenvalue weighted by Crippen LogP contribution is -2.23. The van der Waals surface area contributed by atoms with Crippen LogP contribution < -0.4 is 5.73 Å². The second kappa shape index (κ2) is 4.21. The van der Waals surface area contributed by atoms with E-state index in [1.54, 1.807) is 6.92 Å². The fraction of sp³-hybridized carbons (Fsp3) is 0.667. The normalized spacial score (nSPS) is 12.7. The highest BCUT2D eigenvalue weighted by atomic mass is 16.1. The predicted octanol–water partition coefficient (Wildman–Crippen LogP) is -0.261. The van der Waals surface area contributed by atoms with Crippen molar-refractivity contribution in [3.63, 3.8) is 0 Å². The fourth-order valence-electron chi connectivity index (χ4n) is 0.551. The molecule has 0 rings (SSSR count). The molecule has 0 aliphatic rings. The lowest BCUT2D eigenvalue weighted by molar-refractivity contribution is -0.126. The molecule has 0 aliphatic heterocycles. The molecule has 1 atom stereocenters. The molecule has 0 saturated heterocycles. The Morgan fingerprint density at radius 3 is 2.44 bits per heavy atom. The largest absolute Gasteiger partial charge is 0.324 e. The van der Waals surface area contributed by atoms with Crippen molar-refractivity contribution in [2.45, 2.75) is 13.3 Å². The van der Waals surface area contributed by atoms with E-state index >= 15 is 0 Å². The molecule has 9 heavy (non-hydrogen) atoms. The third-order valence-corrected chi connectivity index (χ3v) is 1.22. The van der Waals surface area contributed by atoms with Gasteiger partial charge in [0.25, 0.3) is 0 Å². The van der Waals surface area contributed by atoms with Crippen LogP contribution in [0.4, 0.5) is 0 Å². The highest BCUT2D eigenvalue weighted by Gasteiger charge is 2.11. The third kappa shape index (κ3) is 2.37. The van der Waals surface area contributed by atoms with Gasteiger partial charge in [0.05, 0.1) is 12.5 Å². The van der Waals surface area contributed by atoms with Crippen molar-refractivity contribution in [3.8, 4) is 0 Å². The molecular weight excluding hydrogens is 118 g/mol. The van der Waals surface area contributed by atoms with Crippen molar-refractivity contribution in [2.24, 2.45) is 11.7 Å². The monoisotopic (exact) mass is 129 g/mol. The van der Waals surface area contributed by atoms with Gasteiger partial charge in [0.2, 0.25) is 0 Å². The first-order chi connectivity index (χ1) is 4.26. The standard InChI is InChI=1S/C6H11NO2/c1-2-5(4-8)6(9)3-7/h4-5H,2-3,7H2,1H3. The van der Waals surface area contributed by atoms with E-state index < -0.39 is 5.92 Å². The quantitative estimate of drug-likeness (QED) is 0.420. The second-order valence-electron chi connectivity index (χ2n) is 1.82. The van der Waals surface area contributed by atoms with Gasteiger partial charge in [0, 0.05) is 0 Å². The van der Waals surface area contributed by atoms with Gasteiger partial charge in [0.1, 0.15) is 6.29 Å². The summed E-state index contributed by atoms with van der Waals surface area (Å²) in [5.74, 6) is -0.650. The van der Waals surface area contributed by atoms with Crippen LogP contribution in [0, 0.1) is 5.92 Å². The number of rotatable bonds is 4. The Hall–Kier alpha value is -0.700. The van der Waals surface area contributed by atoms with Crippen LogP contribution in [0.1, 0.15) is 13.3 Å². The molecule has 0 spiro atoms. The summed E-state index contributed by atoms with van der Waals surface area (Å²) >= 11 is 0. The summed E-state index contributed by atoms with van der Waals surface area (Å²) < 4.78 is 0. The second-order valence-corrected chi connectivity index (χ2v) is 1.82. The molecule has 0 aromatic carbocycles. The zero-order chi connectivity index (χ0) is 7.28. The first-order valence-electron chi connectivity index (χ1n) is 2.94. The van der Waals surface area contributed by atoms with Gasteiger partial charge in [0.15, 0.2) is 5.78 Å². The molecule has 0 aliphatic carbocycles. The lowest BCUT2D eigenvalue weighted by atomic mass is 10.0. The van der Waals surface area contributed by atoms with Crippen LogP contribution in [-0.2, 0) is 9.59 Å². The Balaban J connectivity index is 3.78. The van der Waals surface area contributed by atoms with Gasteiger partial charge in [-0.2, -0.15) is 0 Å². The van der Waals surface area contributed by atoms with E-state index in [4.69, 9.17) is 5.73 Å². The maximum atomic E-state index is 10.6. The molecule has 0 saturated carbocycles. The highest BCUT2D eigenvalue weighted by molar-refractivity contribution is 5.94. The molecular formula is C6H11NO2. The highest BCUT2D eigenvalue weighted by Crippen LogP contribution is 1.97. The van der Waals surface area contributed by atoms with Crippen LogP contribution in [0.2, 0.25) is 0 Å². The molecule has 3 heteroatoms. The number of hydrogen-bond acceptors (Lipinski definition) is 3. The van der Waals surface area contributed by atoms with Crippen LogP contribution in [0.25, 0.3) is 0 Å². The first kappa shape index (κ1) is 8.30. The zero-order valence-electron chi connectivity index (χ0n) is 5.46. The maximum Gasteiger partial charge on any atom is 0.156 e. The topological polar surface area (TPSA) is 60.2 Å². The molecule has 52 valence electrons. The lowest BCUT2D eigenvalue weighted by Gasteiger charge is -2.00. The van der Waals surface area contributed by atoms with Crippen LogP contribution >= 0.6 is 0 Å². The summed E-state index contributed by atoms with van der Waals surface area (Å²) in [6, 6.07) is 0. The molecule has 0 heterocycles.